The van der Waals surface area contributed by atoms with Gasteiger partial charge in [0, 0.05) is 1.37 Å². The maximum absolute atomic E-state index is 6.69. The fourth-order valence-corrected chi connectivity index (χ4v) is 0.438. The van der Waals surface area contributed by atoms with Crippen LogP contribution >= 0.6 is 0 Å². The number of benzene rings is 1. The van der Waals surface area contributed by atoms with E-state index < -0.39 is 0 Å². The Labute approximate surface area is 45.2 Å². The molecule has 0 fully saturated rings. The van der Waals surface area contributed by atoms with Crippen LogP contribution in [0.4, 0.5) is 0 Å². The molecule has 0 aliphatic carbocycles. The first-order valence-electron chi connectivity index (χ1n) is 2.66. The van der Waals surface area contributed by atoms with Crippen LogP contribution in [0.25, 0.3) is 0 Å². The first kappa shape index (κ1) is 3.25. The Morgan fingerprint density at radius 3 is 2.43 bits per heavy atom. The molecule has 0 saturated heterocycles. The predicted octanol–water partition coefficient (Wildman–Crippen LogP) is 1.75. The predicted molar refractivity (Wildman–Crippen MR) is 29.8 cm³/mol. The summed E-state index contributed by atoms with van der Waals surface area (Å²) in [6, 6.07) is 9.37. The summed E-state index contributed by atoms with van der Waals surface area (Å²) < 4.78 is 6.69. The molecule has 0 N–H and O–H groups in total. The van der Waals surface area contributed by atoms with Gasteiger partial charge in [0.05, 0.1) is 0 Å². The van der Waals surface area contributed by atoms with E-state index in [1.54, 1.807) is 0 Å². The summed E-state index contributed by atoms with van der Waals surface area (Å²) in [5.74, 6) is 0. The Morgan fingerprint density at radius 1 is 1.29 bits per heavy atom. The van der Waals surface area contributed by atoms with Gasteiger partial charge in [-0.05, 0) is 12.5 Å². The van der Waals surface area contributed by atoms with Gasteiger partial charge in [0.15, 0.2) is 0 Å². The lowest BCUT2D eigenvalue weighted by molar-refractivity contribution is 1.62. The zero-order chi connectivity index (χ0) is 5.82. The van der Waals surface area contributed by atoms with Crippen LogP contribution in [0, 0.1) is 6.90 Å². The zero-order valence-corrected chi connectivity index (χ0v) is 3.89. The van der Waals surface area contributed by atoms with E-state index in [2.05, 4.69) is 6.90 Å². The monoisotopic (exact) mass is 91.1 g/mol. The minimum Gasteiger partial charge on any atom is -0.0622 e. The van der Waals surface area contributed by atoms with E-state index in [0.717, 1.165) is 5.56 Å². The minimum atomic E-state index is 0.826. The van der Waals surface area contributed by atoms with Gasteiger partial charge >= 0.3 is 0 Å². The second kappa shape index (κ2) is 1.78. The largest absolute Gasteiger partial charge is 0.0622 e. The minimum absolute atomic E-state index is 0.826. The second-order valence-electron chi connectivity index (χ2n) is 1.37. The third kappa shape index (κ3) is 1.04. The molecule has 0 aliphatic rings. The second-order valence-corrected chi connectivity index (χ2v) is 1.37. The topological polar surface area (TPSA) is 0 Å². The smallest absolute Gasteiger partial charge is 0.0365 e. The molecule has 0 unspecified atom stereocenters. The van der Waals surface area contributed by atoms with Crippen molar-refractivity contribution in [2.75, 3.05) is 0 Å². The molecule has 1 aromatic rings. The van der Waals surface area contributed by atoms with Crippen molar-refractivity contribution in [2.45, 2.75) is 0 Å². The summed E-state index contributed by atoms with van der Waals surface area (Å²) in [6.07, 6.45) is 0. The first-order chi connectivity index (χ1) is 3.93. The molecule has 0 amide bonds. The van der Waals surface area contributed by atoms with E-state index in [-0.39, 0.29) is 0 Å². The molecule has 0 atom stereocenters. The highest BCUT2D eigenvalue weighted by Crippen LogP contribution is 1.92. The normalized spacial score (nSPS) is 10.6. The lowest BCUT2D eigenvalue weighted by Gasteiger charge is -1.82. The lowest BCUT2D eigenvalue weighted by Crippen LogP contribution is -1.62. The van der Waals surface area contributed by atoms with Gasteiger partial charge in [-0.3, -0.25) is 0 Å². The average Bonchev–Trinajstić information content (AvgIpc) is 1.90. The molecular weight excluding hydrogens is 84.1 g/mol. The van der Waals surface area contributed by atoms with E-state index in [1.165, 1.54) is 0 Å². The fraction of sp³-hybridized carbons (Fsp3) is 0. The number of rotatable bonds is 1. The van der Waals surface area contributed by atoms with E-state index in [4.69, 9.17) is 1.37 Å². The van der Waals surface area contributed by atoms with E-state index in [0.29, 0.717) is 0 Å². The summed E-state index contributed by atoms with van der Waals surface area (Å²) in [5, 5.41) is 0. The number of hydrogen-bond donors (Lipinski definition) is 0. The van der Waals surface area contributed by atoms with Crippen LogP contribution in [0.3, 0.4) is 0 Å². The van der Waals surface area contributed by atoms with Gasteiger partial charge in [-0.2, -0.15) is 0 Å². The van der Waals surface area contributed by atoms with Crippen LogP contribution in [0.5, 0.6) is 0 Å². The van der Waals surface area contributed by atoms with E-state index in [1.807, 2.05) is 30.3 Å². The molecule has 0 bridgehead atoms. The molecule has 0 nitrogen and oxygen atoms in total. The number of hydrogen-bond acceptors (Lipinski definition) is 0. The van der Waals surface area contributed by atoms with E-state index in [9.17, 15) is 0 Å². The molecule has 0 heterocycles. The van der Waals surface area contributed by atoms with Crippen LogP contribution < -0.4 is 0 Å². The van der Waals surface area contributed by atoms with Crippen LogP contribution in [0.1, 0.15) is 6.93 Å². The van der Waals surface area contributed by atoms with Crippen LogP contribution in [0.2, 0.25) is 0 Å². The third-order valence-electron chi connectivity index (χ3n) is 0.774. The van der Waals surface area contributed by atoms with Gasteiger partial charge in [-0.25, -0.2) is 0 Å². The average molecular weight is 91.1 g/mol. The molecule has 34 valence electrons. The van der Waals surface area contributed by atoms with E-state index >= 15 is 0 Å². The van der Waals surface area contributed by atoms with Crippen molar-refractivity contribution in [3.63, 3.8) is 0 Å². The molecule has 0 spiro atoms. The van der Waals surface area contributed by atoms with Crippen molar-refractivity contribution in [3.8, 4) is 0 Å². The standard InChI is InChI=1S/C7H6/c1-7-5-3-2-4-6-7/h1-6H/i1D. The van der Waals surface area contributed by atoms with Gasteiger partial charge < -0.3 is 0 Å². The molecule has 2 radical (unpaired) electrons. The van der Waals surface area contributed by atoms with Crippen molar-refractivity contribution in [3.05, 3.63) is 42.8 Å². The Balaban J connectivity index is 2.83. The van der Waals surface area contributed by atoms with Crippen LogP contribution in [0.15, 0.2) is 30.3 Å². The van der Waals surface area contributed by atoms with Crippen molar-refractivity contribution in [2.24, 2.45) is 0 Å². The molecule has 7 heavy (non-hydrogen) atoms. The highest BCUT2D eigenvalue weighted by atomic mass is 13.8. The lowest BCUT2D eigenvalue weighted by atomic mass is 10.2. The summed E-state index contributed by atoms with van der Waals surface area (Å²) in [7, 11) is 0. The molecule has 0 aromatic heterocycles. The summed E-state index contributed by atoms with van der Waals surface area (Å²) in [4.78, 5) is 0. The molecule has 0 heteroatoms. The van der Waals surface area contributed by atoms with Gasteiger partial charge in [-0.1, -0.05) is 30.3 Å². The van der Waals surface area contributed by atoms with Gasteiger partial charge in [0.25, 0.3) is 0 Å². The highest BCUT2D eigenvalue weighted by molar-refractivity contribution is 5.16. The summed E-state index contributed by atoms with van der Waals surface area (Å²) in [5.41, 5.74) is 0.826. The molecule has 1 rings (SSSR count). The maximum atomic E-state index is 6.69. The summed E-state index contributed by atoms with van der Waals surface area (Å²) in [6.45, 7) is 2.28. The van der Waals surface area contributed by atoms with Gasteiger partial charge in [-0.15, -0.1) is 0 Å². The quantitative estimate of drug-likeness (QED) is 0.494. The Morgan fingerprint density at radius 2 is 2.00 bits per heavy atom. The highest BCUT2D eigenvalue weighted by Gasteiger charge is 1.72. The van der Waals surface area contributed by atoms with Gasteiger partial charge in [0.1, 0.15) is 0 Å². The fourth-order valence-electron chi connectivity index (χ4n) is 0.438. The molecular formula is C7H6. The maximum Gasteiger partial charge on any atom is 0.0365 e. The zero-order valence-electron chi connectivity index (χ0n) is 4.89. The van der Waals surface area contributed by atoms with Crippen molar-refractivity contribution < 1.29 is 1.37 Å². The Bertz CT molecular complexity index is 146. The Kier molecular flexibility index (Phi) is 0.828. The van der Waals surface area contributed by atoms with Crippen molar-refractivity contribution in [1.29, 1.82) is 0 Å². The van der Waals surface area contributed by atoms with Crippen LogP contribution in [-0.2, 0) is 0 Å². The van der Waals surface area contributed by atoms with Crippen molar-refractivity contribution >= 4 is 0 Å². The molecule has 1 aromatic carbocycles. The molecule has 0 aliphatic heterocycles. The van der Waals surface area contributed by atoms with Gasteiger partial charge in [0.2, 0.25) is 0 Å². The first-order valence-corrected chi connectivity index (χ1v) is 2.16. The van der Waals surface area contributed by atoms with Crippen LogP contribution in [-0.4, -0.2) is 0 Å². The summed E-state index contributed by atoms with van der Waals surface area (Å²) >= 11 is 0. The Hall–Kier alpha value is -0.780. The third-order valence-corrected chi connectivity index (χ3v) is 0.774. The SMILES string of the molecule is [2H][C]c1ccccc1. The van der Waals surface area contributed by atoms with Crippen molar-refractivity contribution in [1.82, 2.24) is 0 Å². The molecule has 0 saturated carbocycles.